The minimum absolute atomic E-state index is 0.00593. The summed E-state index contributed by atoms with van der Waals surface area (Å²) in [5.74, 6) is 1.10. The number of anilines is 2. The molecule has 0 saturated carbocycles. The van der Waals surface area contributed by atoms with Gasteiger partial charge in [-0.3, -0.25) is 9.48 Å². The molecule has 4 heterocycles. The first kappa shape index (κ1) is 22.9. The number of fused-ring (bicyclic) bond motifs is 1. The number of pyridine rings is 2. The van der Waals surface area contributed by atoms with E-state index in [-0.39, 0.29) is 23.6 Å². The van der Waals surface area contributed by atoms with Gasteiger partial charge in [0.2, 0.25) is 5.56 Å². The standard InChI is InChI=1S/C27H31N7O/c1-18(20-9-10-25(35)33(2)16-20)12-29-26(19-7-5-4-6-8-19)24-15-28-23-11-21(13-30-27(23)32-24)22-14-31-34(3)17-22/h4-11,13-14,16-18,24,26,28-29H,12,15H2,1-3H3,(H,30,32)/t18-,24+,26+/m0/s1. The molecule has 0 unspecified atom stereocenters. The third kappa shape index (κ3) is 4.97. The zero-order valence-electron chi connectivity index (χ0n) is 20.3. The Balaban J connectivity index is 1.34. The Labute approximate surface area is 205 Å². The van der Waals surface area contributed by atoms with E-state index in [0.717, 1.165) is 41.3 Å². The van der Waals surface area contributed by atoms with Crippen LogP contribution in [0.1, 0.15) is 30.0 Å². The molecule has 180 valence electrons. The second-order valence-electron chi connectivity index (χ2n) is 9.26. The lowest BCUT2D eigenvalue weighted by Crippen LogP contribution is -2.45. The van der Waals surface area contributed by atoms with Crippen LogP contribution in [0.25, 0.3) is 11.1 Å². The number of aromatic nitrogens is 4. The van der Waals surface area contributed by atoms with Gasteiger partial charge in [0, 0.05) is 63.0 Å². The van der Waals surface area contributed by atoms with E-state index >= 15 is 0 Å². The van der Waals surface area contributed by atoms with E-state index in [4.69, 9.17) is 4.98 Å². The van der Waals surface area contributed by atoms with Gasteiger partial charge in [0.15, 0.2) is 0 Å². The average molecular weight is 470 g/mol. The molecular formula is C27H31N7O. The molecule has 0 aliphatic carbocycles. The molecule has 1 aliphatic heterocycles. The third-order valence-electron chi connectivity index (χ3n) is 6.64. The maximum atomic E-state index is 11.8. The van der Waals surface area contributed by atoms with Crippen LogP contribution in [0.5, 0.6) is 0 Å². The minimum atomic E-state index is 0.00593. The first-order valence-electron chi connectivity index (χ1n) is 11.9. The topological polar surface area (TPSA) is 88.8 Å². The summed E-state index contributed by atoms with van der Waals surface area (Å²) in [5.41, 5.74) is 5.43. The lowest BCUT2D eigenvalue weighted by Gasteiger charge is -2.35. The van der Waals surface area contributed by atoms with Gasteiger partial charge in [-0.15, -0.1) is 0 Å². The molecule has 0 amide bonds. The molecule has 1 aliphatic rings. The quantitative estimate of drug-likeness (QED) is 0.384. The Bertz CT molecular complexity index is 1360. The number of aryl methyl sites for hydroxylation is 2. The van der Waals surface area contributed by atoms with Crippen LogP contribution in [-0.4, -0.2) is 38.5 Å². The first-order valence-corrected chi connectivity index (χ1v) is 11.9. The highest BCUT2D eigenvalue weighted by molar-refractivity contribution is 5.75. The number of rotatable bonds is 7. The van der Waals surface area contributed by atoms with Gasteiger partial charge in [0.25, 0.3) is 0 Å². The van der Waals surface area contributed by atoms with Gasteiger partial charge in [0.05, 0.1) is 24.0 Å². The van der Waals surface area contributed by atoms with Gasteiger partial charge in [0.1, 0.15) is 5.82 Å². The summed E-state index contributed by atoms with van der Waals surface area (Å²) in [7, 11) is 3.71. The summed E-state index contributed by atoms with van der Waals surface area (Å²) >= 11 is 0. The highest BCUT2D eigenvalue weighted by atomic mass is 16.1. The van der Waals surface area contributed by atoms with Crippen molar-refractivity contribution in [2.45, 2.75) is 24.9 Å². The van der Waals surface area contributed by atoms with Crippen molar-refractivity contribution < 1.29 is 0 Å². The zero-order chi connectivity index (χ0) is 24.4. The predicted octanol–water partition coefficient (Wildman–Crippen LogP) is 3.52. The second-order valence-corrected chi connectivity index (χ2v) is 9.26. The van der Waals surface area contributed by atoms with Gasteiger partial charge >= 0.3 is 0 Å². The first-order chi connectivity index (χ1) is 17.0. The van der Waals surface area contributed by atoms with E-state index in [1.807, 2.05) is 44.0 Å². The van der Waals surface area contributed by atoms with Gasteiger partial charge in [-0.25, -0.2) is 4.98 Å². The van der Waals surface area contributed by atoms with Crippen molar-refractivity contribution in [1.29, 1.82) is 0 Å². The van der Waals surface area contributed by atoms with E-state index in [1.54, 1.807) is 22.4 Å². The highest BCUT2D eigenvalue weighted by Crippen LogP contribution is 2.32. The molecule has 0 saturated heterocycles. The van der Waals surface area contributed by atoms with Crippen molar-refractivity contribution in [1.82, 2.24) is 24.6 Å². The predicted molar refractivity (Wildman–Crippen MR) is 140 cm³/mol. The highest BCUT2D eigenvalue weighted by Gasteiger charge is 2.28. The molecule has 5 rings (SSSR count). The van der Waals surface area contributed by atoms with Crippen molar-refractivity contribution in [3.8, 4) is 11.1 Å². The molecule has 8 heteroatoms. The van der Waals surface area contributed by atoms with Crippen LogP contribution in [-0.2, 0) is 14.1 Å². The molecule has 0 bridgehead atoms. The van der Waals surface area contributed by atoms with Crippen molar-refractivity contribution in [3.05, 3.63) is 94.8 Å². The van der Waals surface area contributed by atoms with E-state index in [0.29, 0.717) is 0 Å². The van der Waals surface area contributed by atoms with Crippen molar-refractivity contribution >= 4 is 11.5 Å². The van der Waals surface area contributed by atoms with Crippen LogP contribution in [0.3, 0.4) is 0 Å². The Morgan fingerprint density at radius 2 is 1.89 bits per heavy atom. The fourth-order valence-electron chi connectivity index (χ4n) is 4.57. The molecule has 3 N–H and O–H groups in total. The van der Waals surface area contributed by atoms with Gasteiger partial charge in [-0.05, 0) is 23.1 Å². The summed E-state index contributed by atoms with van der Waals surface area (Å²) in [5, 5.41) is 15.3. The van der Waals surface area contributed by atoms with Crippen LogP contribution < -0.4 is 21.5 Å². The maximum absolute atomic E-state index is 11.8. The molecule has 0 radical (unpaired) electrons. The number of nitrogens with one attached hydrogen (secondary N) is 3. The zero-order valence-corrected chi connectivity index (χ0v) is 20.3. The smallest absolute Gasteiger partial charge is 0.250 e. The van der Waals surface area contributed by atoms with E-state index in [1.165, 1.54) is 5.56 Å². The largest absolute Gasteiger partial charge is 0.380 e. The Morgan fingerprint density at radius 1 is 1.06 bits per heavy atom. The fraction of sp³-hybridized carbons (Fsp3) is 0.296. The summed E-state index contributed by atoms with van der Waals surface area (Å²) in [6.07, 6.45) is 7.65. The van der Waals surface area contributed by atoms with Crippen LogP contribution >= 0.6 is 0 Å². The summed E-state index contributed by atoms with van der Waals surface area (Å²) in [6, 6.07) is 16.4. The lowest BCUT2D eigenvalue weighted by molar-refractivity contribution is 0.453. The Morgan fingerprint density at radius 3 is 2.63 bits per heavy atom. The molecule has 35 heavy (non-hydrogen) atoms. The van der Waals surface area contributed by atoms with Gasteiger partial charge < -0.3 is 20.5 Å². The maximum Gasteiger partial charge on any atom is 0.250 e. The fourth-order valence-corrected chi connectivity index (χ4v) is 4.57. The van der Waals surface area contributed by atoms with Gasteiger partial charge in [-0.1, -0.05) is 43.3 Å². The average Bonchev–Trinajstić information content (AvgIpc) is 3.32. The second kappa shape index (κ2) is 9.76. The molecule has 3 atom stereocenters. The molecule has 8 nitrogen and oxygen atoms in total. The van der Waals surface area contributed by atoms with Crippen molar-refractivity contribution in [2.75, 3.05) is 23.7 Å². The number of nitrogens with zero attached hydrogens (tertiary/aromatic N) is 4. The Kier molecular flexibility index (Phi) is 6.37. The monoisotopic (exact) mass is 469 g/mol. The molecule has 0 fully saturated rings. The van der Waals surface area contributed by atoms with Crippen molar-refractivity contribution in [2.24, 2.45) is 14.1 Å². The lowest BCUT2D eigenvalue weighted by atomic mass is 9.95. The minimum Gasteiger partial charge on any atom is -0.380 e. The van der Waals surface area contributed by atoms with E-state index < -0.39 is 0 Å². The summed E-state index contributed by atoms with van der Waals surface area (Å²) in [4.78, 5) is 16.5. The van der Waals surface area contributed by atoms with Gasteiger partial charge in [-0.2, -0.15) is 5.10 Å². The molecular weight excluding hydrogens is 438 g/mol. The SMILES string of the molecule is C[C@@H](CN[C@H](c1ccccc1)[C@H]1CNc2cc(-c3cnn(C)c3)cnc2N1)c1ccc(=O)n(C)c1. The molecule has 0 spiro atoms. The van der Waals surface area contributed by atoms with Crippen LogP contribution in [0.4, 0.5) is 11.5 Å². The third-order valence-corrected chi connectivity index (χ3v) is 6.64. The van der Waals surface area contributed by atoms with Crippen LogP contribution in [0.2, 0.25) is 0 Å². The number of hydrogen-bond acceptors (Lipinski definition) is 6. The van der Waals surface area contributed by atoms with Crippen LogP contribution in [0, 0.1) is 0 Å². The van der Waals surface area contributed by atoms with Crippen LogP contribution in [0.15, 0.2) is 78.1 Å². The normalized spacial score (nSPS) is 16.6. The van der Waals surface area contributed by atoms with Crippen molar-refractivity contribution in [3.63, 3.8) is 0 Å². The van der Waals surface area contributed by atoms with E-state index in [9.17, 15) is 4.79 Å². The summed E-state index contributed by atoms with van der Waals surface area (Å²) in [6.45, 7) is 3.71. The number of benzene rings is 1. The number of hydrogen-bond donors (Lipinski definition) is 3. The Hall–Kier alpha value is -3.91. The van der Waals surface area contributed by atoms with E-state index in [2.05, 4.69) is 58.3 Å². The molecule has 3 aromatic heterocycles. The summed E-state index contributed by atoms with van der Waals surface area (Å²) < 4.78 is 3.43. The molecule has 1 aromatic carbocycles. The molecule has 4 aromatic rings.